The van der Waals surface area contributed by atoms with Gasteiger partial charge in [-0.25, -0.2) is 9.79 Å². The van der Waals surface area contributed by atoms with E-state index in [9.17, 15) is 4.79 Å². The summed E-state index contributed by atoms with van der Waals surface area (Å²) >= 11 is 0. The molecule has 41 heavy (non-hydrogen) atoms. The number of rotatable bonds is 5. The highest BCUT2D eigenvalue weighted by molar-refractivity contribution is 6.00. The number of ether oxygens (including phenoxy) is 3. The molecule has 6 heteroatoms. The van der Waals surface area contributed by atoms with E-state index in [0.29, 0.717) is 12.2 Å². The van der Waals surface area contributed by atoms with Gasteiger partial charge in [0.2, 0.25) is 5.36 Å². The monoisotopic (exact) mass is 549 g/mol. The van der Waals surface area contributed by atoms with Crippen molar-refractivity contribution in [2.75, 3.05) is 25.6 Å². The first-order valence-electron chi connectivity index (χ1n) is 14.1. The quantitative estimate of drug-likeness (QED) is 0.286. The molecular formula is C35H37N2O4+. The van der Waals surface area contributed by atoms with Gasteiger partial charge in [-0.15, -0.1) is 0 Å². The number of anilines is 1. The highest BCUT2D eigenvalue weighted by Crippen LogP contribution is 2.44. The van der Waals surface area contributed by atoms with E-state index in [1.165, 1.54) is 11.1 Å². The molecule has 0 unspecified atom stereocenters. The lowest BCUT2D eigenvalue weighted by Crippen LogP contribution is -2.89. The van der Waals surface area contributed by atoms with Crippen LogP contribution in [0.25, 0.3) is 16.7 Å². The molecule has 0 amide bonds. The van der Waals surface area contributed by atoms with Crippen LogP contribution in [0.2, 0.25) is 0 Å². The van der Waals surface area contributed by atoms with Gasteiger partial charge in [0.15, 0.2) is 5.54 Å². The first kappa shape index (κ1) is 27.0. The van der Waals surface area contributed by atoms with Gasteiger partial charge in [-0.05, 0) is 68.7 Å². The Morgan fingerprint density at radius 1 is 0.878 bits per heavy atom. The maximum absolute atomic E-state index is 13.4. The van der Waals surface area contributed by atoms with E-state index in [0.717, 1.165) is 55.6 Å². The van der Waals surface area contributed by atoms with Gasteiger partial charge in [0.1, 0.15) is 18.1 Å². The minimum absolute atomic E-state index is 0.179. The van der Waals surface area contributed by atoms with Crippen molar-refractivity contribution in [3.05, 3.63) is 99.1 Å². The fraction of sp³-hybridized carbons (Fsp3) is 0.314. The number of allylic oxidation sites excluding steroid dienone is 2. The number of hydrogen-bond donors (Lipinski definition) is 2. The van der Waals surface area contributed by atoms with Crippen molar-refractivity contribution < 1.29 is 24.0 Å². The number of hydrogen-bond acceptors (Lipinski definition) is 5. The molecule has 210 valence electrons. The van der Waals surface area contributed by atoms with Gasteiger partial charge in [0, 0.05) is 60.2 Å². The molecule has 3 aromatic rings. The van der Waals surface area contributed by atoms with E-state index >= 15 is 0 Å². The second-order valence-electron chi connectivity index (χ2n) is 12.3. The van der Waals surface area contributed by atoms with Crippen LogP contribution in [0.3, 0.4) is 0 Å². The maximum Gasteiger partial charge on any atom is 0.338 e. The predicted octanol–water partition coefficient (Wildman–Crippen LogP) is 4.35. The van der Waals surface area contributed by atoms with Crippen LogP contribution in [-0.4, -0.2) is 37.4 Å². The summed E-state index contributed by atoms with van der Waals surface area (Å²) in [4.78, 5) is 17.0. The Morgan fingerprint density at radius 3 is 2.41 bits per heavy atom. The van der Waals surface area contributed by atoms with Gasteiger partial charge < -0.3 is 19.5 Å². The second-order valence-corrected chi connectivity index (χ2v) is 12.3. The number of esters is 1. The zero-order chi connectivity index (χ0) is 29.1. The van der Waals surface area contributed by atoms with Crippen LogP contribution >= 0.6 is 0 Å². The second kappa shape index (κ2) is 9.74. The maximum atomic E-state index is 13.4. The van der Waals surface area contributed by atoms with E-state index < -0.39 is 0 Å². The molecule has 0 bridgehead atoms. The van der Waals surface area contributed by atoms with Crippen molar-refractivity contribution in [1.82, 2.24) is 0 Å². The highest BCUT2D eigenvalue weighted by Gasteiger charge is 2.31. The molecule has 3 heterocycles. The topological polar surface area (TPSA) is 70.8 Å². The summed E-state index contributed by atoms with van der Waals surface area (Å²) in [5.41, 5.74) is 8.48. The first-order valence-corrected chi connectivity index (χ1v) is 14.1. The standard InChI is InChI=1S/C35H36N2O4/c1-20-18-34(3,4)36-28-16-30-26(14-24(20)28)32(22-10-8-9-11-23(22)33(38)40-13-12-39-7)27-15-25-21(2)19-35(5,6)37-29(25)17-31(27)41-30/h8-11,14-19,36H,12-13H2,1-7H3/p+1. The zero-order valence-electron chi connectivity index (χ0n) is 24.8. The molecule has 3 aliphatic heterocycles. The molecule has 0 saturated carbocycles. The Hall–Kier alpha value is -4.16. The molecule has 0 aromatic heterocycles. The van der Waals surface area contributed by atoms with Gasteiger partial charge in [-0.1, -0.05) is 24.3 Å². The van der Waals surface area contributed by atoms with Crippen LogP contribution < -0.4 is 25.6 Å². The van der Waals surface area contributed by atoms with E-state index in [-0.39, 0.29) is 23.7 Å². The lowest BCUT2D eigenvalue weighted by atomic mass is 9.84. The Bertz CT molecular complexity index is 1790. The van der Waals surface area contributed by atoms with E-state index in [1.807, 2.05) is 24.3 Å². The predicted molar refractivity (Wildman–Crippen MR) is 162 cm³/mol. The van der Waals surface area contributed by atoms with Crippen molar-refractivity contribution in [3.8, 4) is 11.5 Å². The first-order chi connectivity index (χ1) is 19.5. The molecule has 0 fully saturated rings. The van der Waals surface area contributed by atoms with Crippen molar-refractivity contribution >= 4 is 28.4 Å². The van der Waals surface area contributed by atoms with Crippen molar-refractivity contribution in [2.24, 2.45) is 0 Å². The number of benzene rings is 3. The van der Waals surface area contributed by atoms with E-state index in [1.54, 1.807) is 7.11 Å². The van der Waals surface area contributed by atoms with Crippen LogP contribution in [0.1, 0.15) is 74.2 Å². The van der Waals surface area contributed by atoms with Crippen LogP contribution in [-0.2, 0) is 9.47 Å². The Labute approximate surface area is 241 Å². The van der Waals surface area contributed by atoms with Gasteiger partial charge in [0.25, 0.3) is 0 Å². The molecule has 0 spiro atoms. The third kappa shape index (κ3) is 4.87. The van der Waals surface area contributed by atoms with Crippen LogP contribution in [0, 0.1) is 0 Å². The number of carbonyl (C=O) groups is 1. The highest BCUT2D eigenvalue weighted by atomic mass is 16.6. The number of nitrogens with one attached hydrogen (secondary N) is 2. The third-order valence-electron chi connectivity index (χ3n) is 7.85. The number of methoxy groups -OCH3 is 1. The van der Waals surface area contributed by atoms with E-state index in [4.69, 9.17) is 14.2 Å². The summed E-state index contributed by atoms with van der Waals surface area (Å²) < 4.78 is 17.4. The average Bonchev–Trinajstić information content (AvgIpc) is 2.89. The largest absolute Gasteiger partial charge is 0.460 e. The summed E-state index contributed by atoms with van der Waals surface area (Å²) in [5, 5.41) is 5.61. The molecule has 0 atom stereocenters. The minimum atomic E-state index is -0.380. The fourth-order valence-corrected chi connectivity index (χ4v) is 6.31. The van der Waals surface area contributed by atoms with Gasteiger partial charge in [0.05, 0.1) is 23.8 Å². The number of fused-ring (bicyclic) bond motifs is 4. The fourth-order valence-electron chi connectivity index (χ4n) is 6.31. The van der Waals surface area contributed by atoms with Crippen LogP contribution in [0.15, 0.2) is 60.7 Å². The zero-order valence-corrected chi connectivity index (χ0v) is 24.8. The Balaban J connectivity index is 1.66. The van der Waals surface area contributed by atoms with Crippen LogP contribution in [0.5, 0.6) is 11.5 Å². The average molecular weight is 550 g/mol. The molecule has 6 nitrogen and oxygen atoms in total. The Morgan fingerprint density at radius 2 is 1.63 bits per heavy atom. The smallest absolute Gasteiger partial charge is 0.338 e. The van der Waals surface area contributed by atoms with Crippen molar-refractivity contribution in [1.29, 1.82) is 0 Å². The number of carbonyl (C=O) groups excluding carboxylic acids is 1. The molecule has 3 aliphatic rings. The molecule has 0 saturated heterocycles. The molecule has 0 radical (unpaired) electrons. The SMILES string of the molecule is COCCOC(=O)c1ccccc1C1=c2cc3c(cc2Oc2cc4c(cc21)C(C)=CC(C)(C)N4)=[NH+]C(C)(C)C=C3C. The minimum Gasteiger partial charge on any atom is -0.460 e. The van der Waals surface area contributed by atoms with Crippen LogP contribution in [0.4, 0.5) is 5.69 Å². The lowest BCUT2D eigenvalue weighted by molar-refractivity contribution is -0.568. The van der Waals surface area contributed by atoms with E-state index in [2.05, 4.69) is 88.3 Å². The van der Waals surface area contributed by atoms with Gasteiger partial charge in [-0.2, -0.15) is 0 Å². The summed E-state index contributed by atoms with van der Waals surface area (Å²) in [6.07, 6.45) is 4.50. The Kier molecular flexibility index (Phi) is 6.42. The van der Waals surface area contributed by atoms with Crippen molar-refractivity contribution in [3.63, 3.8) is 0 Å². The molecule has 0 aliphatic carbocycles. The third-order valence-corrected chi connectivity index (χ3v) is 7.85. The summed E-state index contributed by atoms with van der Waals surface area (Å²) in [7, 11) is 1.59. The normalized spacial score (nSPS) is 17.3. The van der Waals surface area contributed by atoms with Gasteiger partial charge in [-0.3, -0.25) is 0 Å². The molecule has 6 rings (SSSR count). The summed E-state index contributed by atoms with van der Waals surface area (Å²) in [5.74, 6) is 1.11. The summed E-state index contributed by atoms with van der Waals surface area (Å²) in [6, 6.07) is 16.2. The molecular weight excluding hydrogens is 512 g/mol. The molecule has 3 aromatic carbocycles. The summed E-state index contributed by atoms with van der Waals surface area (Å²) in [6.45, 7) is 13.5. The van der Waals surface area contributed by atoms with Gasteiger partial charge >= 0.3 is 5.97 Å². The lowest BCUT2D eigenvalue weighted by Gasteiger charge is -2.33. The van der Waals surface area contributed by atoms with Crippen molar-refractivity contribution in [2.45, 2.75) is 52.6 Å². The molecule has 2 N–H and O–H groups in total.